The maximum Gasteiger partial charge on any atom is 0.258 e. The van der Waals surface area contributed by atoms with Crippen LogP contribution in [-0.2, 0) is 14.4 Å². The van der Waals surface area contributed by atoms with Crippen molar-refractivity contribution in [3.63, 3.8) is 0 Å². The van der Waals surface area contributed by atoms with Crippen LogP contribution in [0, 0.1) is 29.5 Å². The summed E-state index contributed by atoms with van der Waals surface area (Å²) in [6.45, 7) is 4.39. The van der Waals surface area contributed by atoms with Crippen LogP contribution >= 0.6 is 11.6 Å². The average molecular weight is 454 g/mol. The van der Waals surface area contributed by atoms with Gasteiger partial charge in [0.05, 0.1) is 17.0 Å². The smallest absolute Gasteiger partial charge is 0.258 e. The second-order valence-electron chi connectivity index (χ2n) is 9.16. The number of carbonyl (C=O) groups excluding carboxylic acids is 2. The molecule has 3 saturated carbocycles. The average Bonchev–Trinajstić information content (AvgIpc) is 3.18. The SMILES string of the molecule is CC(C)C1ONCC1C(=O)N[C@@H]1CC(NC(=O)COc2ccc(Cl)c(F)c2)C2CC1C2. The molecule has 5 rings (SSSR count). The van der Waals surface area contributed by atoms with E-state index in [0.29, 0.717) is 24.8 Å². The molecule has 2 bridgehead atoms. The normalized spacial score (nSPS) is 31.8. The van der Waals surface area contributed by atoms with E-state index in [4.69, 9.17) is 21.2 Å². The zero-order chi connectivity index (χ0) is 22.1. The number of carbonyl (C=O) groups is 2. The molecular formula is C22H29ClFN3O4. The van der Waals surface area contributed by atoms with Crippen molar-refractivity contribution in [3.05, 3.63) is 29.0 Å². The number of benzene rings is 1. The van der Waals surface area contributed by atoms with Gasteiger partial charge in [0.25, 0.3) is 5.91 Å². The summed E-state index contributed by atoms with van der Waals surface area (Å²) < 4.78 is 18.9. The van der Waals surface area contributed by atoms with Crippen LogP contribution in [0.4, 0.5) is 4.39 Å². The van der Waals surface area contributed by atoms with Gasteiger partial charge in [0.2, 0.25) is 5.91 Å². The van der Waals surface area contributed by atoms with E-state index in [1.807, 2.05) is 13.8 Å². The highest BCUT2D eigenvalue weighted by Crippen LogP contribution is 2.46. The third-order valence-corrected chi connectivity index (χ3v) is 7.01. The minimum absolute atomic E-state index is 0.00583. The van der Waals surface area contributed by atoms with Gasteiger partial charge in [-0.3, -0.25) is 14.4 Å². The van der Waals surface area contributed by atoms with Gasteiger partial charge in [-0.2, -0.15) is 0 Å². The van der Waals surface area contributed by atoms with Gasteiger partial charge in [-0.15, -0.1) is 0 Å². The first kappa shape index (κ1) is 22.3. The highest BCUT2D eigenvalue weighted by Gasteiger charge is 2.48. The van der Waals surface area contributed by atoms with Crippen molar-refractivity contribution in [1.29, 1.82) is 0 Å². The van der Waals surface area contributed by atoms with Crippen LogP contribution in [0.1, 0.15) is 33.1 Å². The van der Waals surface area contributed by atoms with Crippen LogP contribution < -0.4 is 20.9 Å². The molecule has 3 aliphatic carbocycles. The number of hydroxylamine groups is 1. The summed E-state index contributed by atoms with van der Waals surface area (Å²) in [4.78, 5) is 30.8. The molecule has 31 heavy (non-hydrogen) atoms. The molecule has 3 unspecified atom stereocenters. The molecule has 1 aromatic rings. The quantitative estimate of drug-likeness (QED) is 0.590. The van der Waals surface area contributed by atoms with Crippen molar-refractivity contribution >= 4 is 23.4 Å². The highest BCUT2D eigenvalue weighted by molar-refractivity contribution is 6.30. The monoisotopic (exact) mass is 453 g/mol. The van der Waals surface area contributed by atoms with E-state index >= 15 is 0 Å². The van der Waals surface area contributed by atoms with E-state index in [2.05, 4.69) is 16.1 Å². The van der Waals surface area contributed by atoms with Crippen molar-refractivity contribution in [1.82, 2.24) is 16.1 Å². The van der Waals surface area contributed by atoms with Gasteiger partial charge >= 0.3 is 0 Å². The van der Waals surface area contributed by atoms with E-state index in [9.17, 15) is 14.0 Å². The number of halogens is 2. The van der Waals surface area contributed by atoms with Crippen LogP contribution in [0.2, 0.25) is 5.02 Å². The summed E-state index contributed by atoms with van der Waals surface area (Å²) in [5, 5.41) is 6.25. The Kier molecular flexibility index (Phi) is 6.69. The Balaban J connectivity index is 1.27. The Hall–Kier alpha value is -1.90. The standard InChI is InChI=1S/C22H29ClFN3O4/c1-11(2)21-15(9-25-31-21)22(29)27-19-8-18(12-5-13(19)6-12)26-20(28)10-30-14-3-4-16(23)17(24)7-14/h3-4,7,11-13,15,18-19,21,25H,5-6,8-10H2,1-2H3,(H,26,28)(H,27,29)/t12?,13?,15?,18?,19-,21?/m1/s1. The summed E-state index contributed by atoms with van der Waals surface area (Å²) in [5.41, 5.74) is 2.85. The fourth-order valence-corrected chi connectivity index (χ4v) is 5.02. The Labute approximate surface area is 186 Å². The van der Waals surface area contributed by atoms with Gasteiger partial charge in [0.1, 0.15) is 11.6 Å². The van der Waals surface area contributed by atoms with E-state index in [-0.39, 0.29) is 59.2 Å². The van der Waals surface area contributed by atoms with Gasteiger partial charge in [0, 0.05) is 24.7 Å². The van der Waals surface area contributed by atoms with Crippen molar-refractivity contribution < 1.29 is 23.6 Å². The number of nitrogens with one attached hydrogen (secondary N) is 3. The molecule has 1 saturated heterocycles. The zero-order valence-electron chi connectivity index (χ0n) is 17.7. The highest BCUT2D eigenvalue weighted by atomic mass is 35.5. The number of rotatable bonds is 7. The Bertz CT molecular complexity index is 833. The van der Waals surface area contributed by atoms with Gasteiger partial charge in [-0.25, -0.2) is 9.87 Å². The molecule has 170 valence electrons. The van der Waals surface area contributed by atoms with Crippen LogP contribution in [-0.4, -0.2) is 43.2 Å². The number of hydrogen-bond acceptors (Lipinski definition) is 5. The number of fused-ring (bicyclic) bond motifs is 2. The van der Waals surface area contributed by atoms with Gasteiger partial charge < -0.3 is 15.4 Å². The van der Waals surface area contributed by atoms with Gasteiger partial charge in [-0.1, -0.05) is 25.4 Å². The molecule has 2 amide bonds. The molecule has 3 N–H and O–H groups in total. The molecule has 4 aliphatic rings. The second kappa shape index (κ2) is 9.30. The molecular weight excluding hydrogens is 425 g/mol. The first-order valence-corrected chi connectivity index (χ1v) is 11.3. The summed E-state index contributed by atoms with van der Waals surface area (Å²) in [6.07, 6.45) is 2.55. The fraction of sp³-hybridized carbons (Fsp3) is 0.636. The van der Waals surface area contributed by atoms with Gasteiger partial charge in [-0.05, 0) is 49.1 Å². The van der Waals surface area contributed by atoms with Crippen molar-refractivity contribution in [3.8, 4) is 5.75 Å². The predicted molar refractivity (Wildman–Crippen MR) is 113 cm³/mol. The van der Waals surface area contributed by atoms with Crippen LogP contribution in [0.5, 0.6) is 5.75 Å². The maximum absolute atomic E-state index is 13.5. The molecule has 1 aliphatic heterocycles. The predicted octanol–water partition coefficient (Wildman–Crippen LogP) is 2.43. The topological polar surface area (TPSA) is 88.7 Å². The third kappa shape index (κ3) is 4.96. The van der Waals surface area contributed by atoms with E-state index in [1.165, 1.54) is 12.1 Å². The lowest BCUT2D eigenvalue weighted by Gasteiger charge is -2.51. The summed E-state index contributed by atoms with van der Waals surface area (Å²) in [6, 6.07) is 4.11. The minimum Gasteiger partial charge on any atom is -0.484 e. The Morgan fingerprint density at radius 1 is 1.23 bits per heavy atom. The van der Waals surface area contributed by atoms with Crippen LogP contribution in [0.3, 0.4) is 0 Å². The van der Waals surface area contributed by atoms with Crippen LogP contribution in [0.25, 0.3) is 0 Å². The Morgan fingerprint density at radius 2 is 1.94 bits per heavy atom. The lowest BCUT2D eigenvalue weighted by molar-refractivity contribution is -0.130. The molecule has 1 aromatic carbocycles. The lowest BCUT2D eigenvalue weighted by Crippen LogP contribution is -2.61. The maximum atomic E-state index is 13.5. The Morgan fingerprint density at radius 3 is 2.61 bits per heavy atom. The number of ether oxygens (including phenoxy) is 1. The van der Waals surface area contributed by atoms with E-state index in [0.717, 1.165) is 18.9 Å². The number of hydrogen-bond donors (Lipinski definition) is 3. The molecule has 9 heteroatoms. The van der Waals surface area contributed by atoms with Crippen molar-refractivity contribution in [2.24, 2.45) is 23.7 Å². The molecule has 1 heterocycles. The molecule has 0 spiro atoms. The number of amides is 2. The molecule has 7 nitrogen and oxygen atoms in total. The molecule has 0 aromatic heterocycles. The largest absolute Gasteiger partial charge is 0.484 e. The first-order chi connectivity index (χ1) is 14.8. The van der Waals surface area contributed by atoms with Crippen LogP contribution in [0.15, 0.2) is 18.2 Å². The first-order valence-electron chi connectivity index (χ1n) is 10.9. The van der Waals surface area contributed by atoms with Gasteiger partial charge in [0.15, 0.2) is 6.61 Å². The van der Waals surface area contributed by atoms with E-state index in [1.54, 1.807) is 0 Å². The summed E-state index contributed by atoms with van der Waals surface area (Å²) in [7, 11) is 0. The van der Waals surface area contributed by atoms with Crippen molar-refractivity contribution in [2.45, 2.75) is 51.3 Å². The van der Waals surface area contributed by atoms with E-state index < -0.39 is 5.82 Å². The third-order valence-electron chi connectivity index (χ3n) is 6.71. The van der Waals surface area contributed by atoms with Crippen molar-refractivity contribution in [2.75, 3.05) is 13.2 Å². The lowest BCUT2D eigenvalue weighted by atomic mass is 9.60. The molecule has 4 atom stereocenters. The summed E-state index contributed by atoms with van der Waals surface area (Å²) in [5.74, 6) is 0.333. The zero-order valence-corrected chi connectivity index (χ0v) is 18.5. The fourth-order valence-electron chi connectivity index (χ4n) is 4.91. The molecule has 0 radical (unpaired) electrons. The second-order valence-corrected chi connectivity index (χ2v) is 9.57. The summed E-state index contributed by atoms with van der Waals surface area (Å²) >= 11 is 5.66. The molecule has 4 fully saturated rings. The minimum atomic E-state index is -0.589.